The Morgan fingerprint density at radius 2 is 1.74 bits per heavy atom. The molecule has 1 N–H and O–H groups in total. The molecular weight excluding hydrogens is 465 g/mol. The molecule has 7 heteroatoms. The maximum absolute atomic E-state index is 13.2. The first-order valence-corrected chi connectivity index (χ1v) is 12.2. The van der Waals surface area contributed by atoms with Gasteiger partial charge in [-0.2, -0.15) is 0 Å². The van der Waals surface area contributed by atoms with Crippen LogP contribution in [0.25, 0.3) is 0 Å². The fourth-order valence-electron chi connectivity index (χ4n) is 4.37. The molecule has 0 aliphatic carbocycles. The molecule has 4 rings (SSSR count). The number of anilines is 1. The van der Waals surface area contributed by atoms with Gasteiger partial charge in [-0.3, -0.25) is 9.69 Å². The lowest BCUT2D eigenvalue weighted by Crippen LogP contribution is -2.58. The highest BCUT2D eigenvalue weighted by Gasteiger charge is 2.32. The minimum absolute atomic E-state index is 0.0450. The number of rotatable bonds is 8. The van der Waals surface area contributed by atoms with Crippen molar-refractivity contribution in [2.45, 2.75) is 39.0 Å². The molecule has 1 saturated heterocycles. The number of amides is 1. The van der Waals surface area contributed by atoms with Crippen LogP contribution in [0.5, 0.6) is 5.75 Å². The summed E-state index contributed by atoms with van der Waals surface area (Å²) < 4.78 is 19.2. The van der Waals surface area contributed by atoms with E-state index in [0.29, 0.717) is 23.9 Å². The molecule has 0 saturated carbocycles. The molecule has 3 aromatic carbocycles. The minimum Gasteiger partial charge on any atom is -0.482 e. The first-order chi connectivity index (χ1) is 16.9. The van der Waals surface area contributed by atoms with Crippen molar-refractivity contribution < 1.29 is 13.9 Å². The van der Waals surface area contributed by atoms with E-state index in [0.717, 1.165) is 29.9 Å². The van der Waals surface area contributed by atoms with Crippen LogP contribution in [0.15, 0.2) is 72.8 Å². The van der Waals surface area contributed by atoms with Gasteiger partial charge in [-0.15, -0.1) is 0 Å². The van der Waals surface area contributed by atoms with E-state index in [1.54, 1.807) is 12.1 Å². The molecule has 0 radical (unpaired) electrons. The van der Waals surface area contributed by atoms with Crippen LogP contribution in [0.4, 0.5) is 10.1 Å². The Labute approximate surface area is 211 Å². The van der Waals surface area contributed by atoms with Crippen molar-refractivity contribution in [1.29, 1.82) is 0 Å². The Hall–Kier alpha value is -3.09. The number of benzene rings is 3. The number of piperazine rings is 1. The van der Waals surface area contributed by atoms with Gasteiger partial charge in [-0.1, -0.05) is 54.1 Å². The van der Waals surface area contributed by atoms with Gasteiger partial charge in [-0.25, -0.2) is 4.39 Å². The fraction of sp³-hybridized carbons (Fsp3) is 0.321. The standard InChI is InChI=1S/C28H31ClFN3O2/c1-20-17-33(21(2)16-32(20)18-23-8-11-25(30)12-9-23)28(34)19-35-27-13-10-24(29)14-26(27)31-15-22-6-4-3-5-7-22/h3-14,20-21,31H,15-19H2,1-2H3/t20-,21+/m1/s1. The van der Waals surface area contributed by atoms with E-state index in [9.17, 15) is 9.18 Å². The van der Waals surface area contributed by atoms with Gasteiger partial charge < -0.3 is 15.0 Å². The van der Waals surface area contributed by atoms with Crippen LogP contribution in [-0.2, 0) is 17.9 Å². The van der Waals surface area contributed by atoms with Crippen LogP contribution >= 0.6 is 11.6 Å². The summed E-state index contributed by atoms with van der Waals surface area (Å²) in [6.45, 7) is 6.83. The lowest BCUT2D eigenvalue weighted by atomic mass is 10.1. The van der Waals surface area contributed by atoms with Crippen LogP contribution in [0.3, 0.4) is 0 Å². The number of carbonyl (C=O) groups excluding carboxylic acids is 1. The normalized spacial score (nSPS) is 18.3. The lowest BCUT2D eigenvalue weighted by Gasteiger charge is -2.44. The Bertz CT molecular complexity index is 1130. The Morgan fingerprint density at radius 1 is 1.00 bits per heavy atom. The Balaban J connectivity index is 1.34. The number of hydrogen-bond acceptors (Lipinski definition) is 4. The molecule has 0 bridgehead atoms. The zero-order valence-corrected chi connectivity index (χ0v) is 20.8. The summed E-state index contributed by atoms with van der Waals surface area (Å²) in [6, 6.07) is 22.2. The molecule has 3 aromatic rings. The average molecular weight is 496 g/mol. The smallest absolute Gasteiger partial charge is 0.260 e. The molecule has 1 heterocycles. The van der Waals surface area contributed by atoms with Crippen LogP contribution in [-0.4, -0.2) is 47.5 Å². The quantitative estimate of drug-likeness (QED) is 0.442. The fourth-order valence-corrected chi connectivity index (χ4v) is 4.54. The zero-order chi connectivity index (χ0) is 24.8. The third kappa shape index (κ3) is 6.74. The van der Waals surface area contributed by atoms with Crippen molar-refractivity contribution in [3.8, 4) is 5.75 Å². The van der Waals surface area contributed by atoms with E-state index in [-0.39, 0.29) is 30.4 Å². The molecular formula is C28H31ClFN3O2. The van der Waals surface area contributed by atoms with E-state index < -0.39 is 0 Å². The van der Waals surface area contributed by atoms with Gasteiger partial charge in [-0.05, 0) is 55.3 Å². The largest absolute Gasteiger partial charge is 0.482 e. The summed E-state index contributed by atoms with van der Waals surface area (Å²) in [6.07, 6.45) is 0. The SMILES string of the molecule is C[C@@H]1CN(C(=O)COc2ccc(Cl)cc2NCc2ccccc2)[C@@H](C)CN1Cc1ccc(F)cc1. The zero-order valence-electron chi connectivity index (χ0n) is 20.1. The van der Waals surface area contributed by atoms with Gasteiger partial charge in [0.25, 0.3) is 5.91 Å². The van der Waals surface area contributed by atoms with Crippen LogP contribution in [0.2, 0.25) is 5.02 Å². The van der Waals surface area contributed by atoms with Crippen molar-refractivity contribution in [3.05, 3.63) is 94.8 Å². The maximum Gasteiger partial charge on any atom is 0.260 e. The predicted octanol–water partition coefficient (Wildman–Crippen LogP) is 5.59. The number of nitrogens with one attached hydrogen (secondary N) is 1. The molecule has 0 aromatic heterocycles. The summed E-state index contributed by atoms with van der Waals surface area (Å²) >= 11 is 6.20. The highest BCUT2D eigenvalue weighted by atomic mass is 35.5. The highest BCUT2D eigenvalue weighted by Crippen LogP contribution is 2.29. The summed E-state index contributed by atoms with van der Waals surface area (Å²) in [5.41, 5.74) is 2.95. The first-order valence-electron chi connectivity index (χ1n) is 11.9. The monoisotopic (exact) mass is 495 g/mol. The molecule has 184 valence electrons. The molecule has 1 aliphatic rings. The van der Waals surface area contributed by atoms with Gasteiger partial charge in [0.2, 0.25) is 0 Å². The van der Waals surface area contributed by atoms with Crippen LogP contribution in [0.1, 0.15) is 25.0 Å². The number of halogens is 2. The number of nitrogens with zero attached hydrogens (tertiary/aromatic N) is 2. The van der Waals surface area contributed by atoms with E-state index >= 15 is 0 Å². The van der Waals surface area contributed by atoms with Gasteiger partial charge in [0.15, 0.2) is 6.61 Å². The lowest BCUT2D eigenvalue weighted by molar-refractivity contribution is -0.139. The maximum atomic E-state index is 13.2. The van der Waals surface area contributed by atoms with Gasteiger partial charge in [0, 0.05) is 43.3 Å². The highest BCUT2D eigenvalue weighted by molar-refractivity contribution is 6.30. The molecule has 0 spiro atoms. The molecule has 0 unspecified atom stereocenters. The molecule has 1 fully saturated rings. The molecule has 1 amide bonds. The van der Waals surface area contributed by atoms with E-state index in [4.69, 9.17) is 16.3 Å². The summed E-state index contributed by atoms with van der Waals surface area (Å²) in [5.74, 6) is 0.314. The van der Waals surface area contributed by atoms with Gasteiger partial charge in [0.05, 0.1) is 5.69 Å². The summed E-state index contributed by atoms with van der Waals surface area (Å²) in [7, 11) is 0. The second-order valence-corrected chi connectivity index (χ2v) is 9.50. The molecule has 5 nitrogen and oxygen atoms in total. The number of carbonyl (C=O) groups is 1. The Morgan fingerprint density at radius 3 is 2.49 bits per heavy atom. The van der Waals surface area contributed by atoms with Gasteiger partial charge in [0.1, 0.15) is 11.6 Å². The molecule has 2 atom stereocenters. The minimum atomic E-state index is -0.232. The van der Waals surface area contributed by atoms with Crippen molar-refractivity contribution in [1.82, 2.24) is 9.80 Å². The van der Waals surface area contributed by atoms with Crippen molar-refractivity contribution in [2.24, 2.45) is 0 Å². The number of ether oxygens (including phenoxy) is 1. The Kier molecular flexibility index (Phi) is 8.26. The van der Waals surface area contributed by atoms with E-state index in [1.807, 2.05) is 53.4 Å². The van der Waals surface area contributed by atoms with Gasteiger partial charge >= 0.3 is 0 Å². The van der Waals surface area contributed by atoms with Crippen molar-refractivity contribution >= 4 is 23.2 Å². The third-order valence-corrected chi connectivity index (χ3v) is 6.59. The second kappa shape index (κ2) is 11.6. The summed E-state index contributed by atoms with van der Waals surface area (Å²) in [4.78, 5) is 17.3. The summed E-state index contributed by atoms with van der Waals surface area (Å²) in [5, 5.41) is 3.95. The molecule has 1 aliphatic heterocycles. The van der Waals surface area contributed by atoms with E-state index in [2.05, 4.69) is 24.1 Å². The first kappa shape index (κ1) is 25.0. The third-order valence-electron chi connectivity index (χ3n) is 6.35. The average Bonchev–Trinajstić information content (AvgIpc) is 2.86. The molecule has 35 heavy (non-hydrogen) atoms. The van der Waals surface area contributed by atoms with E-state index in [1.165, 1.54) is 12.1 Å². The van der Waals surface area contributed by atoms with Crippen LogP contribution < -0.4 is 10.1 Å². The topological polar surface area (TPSA) is 44.8 Å². The van der Waals surface area contributed by atoms with Crippen molar-refractivity contribution in [2.75, 3.05) is 25.0 Å². The second-order valence-electron chi connectivity index (χ2n) is 9.07. The van der Waals surface area contributed by atoms with Crippen LogP contribution in [0, 0.1) is 5.82 Å². The predicted molar refractivity (Wildman–Crippen MR) is 138 cm³/mol. The van der Waals surface area contributed by atoms with Crippen molar-refractivity contribution in [3.63, 3.8) is 0 Å². The number of hydrogen-bond donors (Lipinski definition) is 1.